The number of hydrogen-bond donors (Lipinski definition) is 6. The molecule has 77 heavy (non-hydrogen) atoms. The van der Waals surface area contributed by atoms with E-state index in [1.165, 1.54) is 20.3 Å². The molecular formula is C58H83NO18. The van der Waals surface area contributed by atoms with Gasteiger partial charge < -0.3 is 78.2 Å². The van der Waals surface area contributed by atoms with Crippen LogP contribution in [0.25, 0.3) is 0 Å². The number of carboxylic acid groups (broad SMARTS) is 1. The largest absolute Gasteiger partial charge is 0.478 e. The molecule has 0 saturated carbocycles. The molecule has 428 valence electrons. The average Bonchev–Trinajstić information content (AvgIpc) is 3.78. The van der Waals surface area contributed by atoms with E-state index in [4.69, 9.17) is 52.5 Å². The average molecular weight is 1080 g/mol. The number of carbonyl (C=O) groups excluding carboxylic acids is 2. The molecule has 4 fully saturated rings. The van der Waals surface area contributed by atoms with E-state index in [0.29, 0.717) is 12.0 Å². The number of allylic oxidation sites excluding steroid dienone is 9. The highest BCUT2D eigenvalue weighted by atomic mass is 16.7. The normalized spacial score (nSPS) is 34.4. The van der Waals surface area contributed by atoms with Gasteiger partial charge in [0.05, 0.1) is 61.9 Å². The van der Waals surface area contributed by atoms with Crippen molar-refractivity contribution in [2.75, 3.05) is 34.5 Å². The van der Waals surface area contributed by atoms with Gasteiger partial charge in [-0.1, -0.05) is 124 Å². The van der Waals surface area contributed by atoms with E-state index in [-0.39, 0.29) is 37.8 Å². The number of aliphatic hydroxyl groups excluding tert-OH is 3. The van der Waals surface area contributed by atoms with Crippen LogP contribution in [0.4, 0.5) is 0 Å². The summed E-state index contributed by atoms with van der Waals surface area (Å²) in [6.45, 7) is 12.0. The number of nitrogens with one attached hydrogen (secondary N) is 1. The molecule has 4 aliphatic heterocycles. The van der Waals surface area contributed by atoms with Gasteiger partial charge in [0.15, 0.2) is 18.7 Å². The van der Waals surface area contributed by atoms with Crippen molar-refractivity contribution in [1.82, 2.24) is 5.32 Å². The Morgan fingerprint density at radius 1 is 0.857 bits per heavy atom. The summed E-state index contributed by atoms with van der Waals surface area (Å²) in [6.07, 6.45) is 9.73. The molecule has 0 aliphatic carbocycles. The lowest BCUT2D eigenvalue weighted by Crippen LogP contribution is -2.71. The Labute approximate surface area is 453 Å². The van der Waals surface area contributed by atoms with Gasteiger partial charge in [-0.15, -0.1) is 0 Å². The fraction of sp³-hybridized carbons (Fsp3) is 0.603. The maximum absolute atomic E-state index is 14.8. The minimum atomic E-state index is -2.69. The number of carboxylic acids is 1. The van der Waals surface area contributed by atoms with Crippen molar-refractivity contribution in [1.29, 1.82) is 0 Å². The van der Waals surface area contributed by atoms with Crippen LogP contribution in [0, 0.1) is 17.3 Å². The van der Waals surface area contributed by atoms with Gasteiger partial charge in [-0.3, -0.25) is 9.59 Å². The van der Waals surface area contributed by atoms with Crippen LogP contribution in [0.1, 0.15) is 73.3 Å². The van der Waals surface area contributed by atoms with Crippen molar-refractivity contribution < 1.29 is 87.3 Å². The molecule has 18 atom stereocenters. The Kier molecular flexibility index (Phi) is 24.6. The first-order valence-electron chi connectivity index (χ1n) is 26.3. The Balaban J connectivity index is 1.37. The van der Waals surface area contributed by atoms with Crippen LogP contribution in [-0.4, -0.2) is 176 Å². The zero-order valence-corrected chi connectivity index (χ0v) is 46.0. The summed E-state index contributed by atoms with van der Waals surface area (Å²) in [5.74, 6) is -7.12. The monoisotopic (exact) mass is 1080 g/mol. The first-order valence-corrected chi connectivity index (χ1v) is 26.3. The quantitative estimate of drug-likeness (QED) is 0.0429. The van der Waals surface area contributed by atoms with E-state index in [2.05, 4.69) is 5.32 Å². The molecule has 19 heteroatoms. The lowest BCUT2D eigenvalue weighted by atomic mass is 9.71. The third-order valence-corrected chi connectivity index (χ3v) is 14.7. The predicted octanol–water partition coefficient (Wildman–Crippen LogP) is 4.97. The number of aliphatic hydroxyl groups is 4. The van der Waals surface area contributed by atoms with Gasteiger partial charge in [-0.2, -0.15) is 0 Å². The van der Waals surface area contributed by atoms with Gasteiger partial charge in [0, 0.05) is 64.5 Å². The van der Waals surface area contributed by atoms with Gasteiger partial charge in [-0.05, 0) is 38.8 Å². The summed E-state index contributed by atoms with van der Waals surface area (Å²) in [7, 11) is 4.62. The smallest absolute Gasteiger partial charge is 0.328 e. The number of rotatable bonds is 25. The highest BCUT2D eigenvalue weighted by molar-refractivity contribution is 5.81. The van der Waals surface area contributed by atoms with Gasteiger partial charge in [0.1, 0.15) is 30.3 Å². The molecule has 1 aromatic carbocycles. The van der Waals surface area contributed by atoms with E-state index < -0.39 is 127 Å². The highest BCUT2D eigenvalue weighted by Gasteiger charge is 2.63. The molecule has 4 saturated heterocycles. The third-order valence-electron chi connectivity index (χ3n) is 14.7. The maximum atomic E-state index is 14.8. The number of ether oxygens (including phenoxy) is 10. The van der Waals surface area contributed by atoms with Crippen LogP contribution in [0.5, 0.6) is 0 Å². The molecule has 1 aromatic rings. The lowest BCUT2D eigenvalue weighted by Gasteiger charge is -2.54. The Bertz CT molecular complexity index is 2240. The summed E-state index contributed by atoms with van der Waals surface area (Å²) in [4.78, 5) is 39.2. The molecule has 0 radical (unpaired) electrons. The Morgan fingerprint density at radius 2 is 1.53 bits per heavy atom. The van der Waals surface area contributed by atoms with Crippen molar-refractivity contribution in [3.8, 4) is 0 Å². The summed E-state index contributed by atoms with van der Waals surface area (Å²) < 4.78 is 61.1. The SMILES string of the molecule is C/C=C/C=C/[C@@H]1O[C@](O)(C(CO[C@@H]2C[C@@H](OC)[C@@H](O[C@@H]3C[C@@H](OC)[C@@H](O)[C@@H](C)O3)[C@@H](C)O2)C(=O)NC/C=C/C=C(/C)C(OC)C(C)C2CC(O)C(/C=C/C=C/C=C/C(=O)O)O2)[C@H](OC(=O)Cc2ccccc2)[C@H](O)C1(C)C. The lowest BCUT2D eigenvalue weighted by molar-refractivity contribution is -0.368. The van der Waals surface area contributed by atoms with Gasteiger partial charge in [0.25, 0.3) is 0 Å². The molecule has 0 aromatic heterocycles. The zero-order chi connectivity index (χ0) is 56.5. The van der Waals surface area contributed by atoms with E-state index in [1.807, 2.05) is 26.8 Å². The van der Waals surface area contributed by atoms with Crippen LogP contribution < -0.4 is 5.32 Å². The highest BCUT2D eigenvalue weighted by Crippen LogP contribution is 2.46. The molecule has 4 heterocycles. The fourth-order valence-electron chi connectivity index (χ4n) is 10.1. The Hall–Kier alpha value is -4.71. The zero-order valence-electron chi connectivity index (χ0n) is 46.0. The molecule has 0 spiro atoms. The second kappa shape index (κ2) is 30.0. The standard InChI is InChI=1S/C58H83NO18/c1-11-12-16-27-46-57(6,7)54(65)55(75-48(63)30-39-24-17-15-18-25-39)58(67,77-46)40(34-71-49-33-45(69-9)53(38(5)73-49)76-50-32-44(68-8)51(64)37(4)72-50)56(66)59-29-22-21-23-35(2)52(70-10)36(3)43-31-41(60)42(74-43)26-19-13-14-20-28-47(61)62/h11-28,36-38,40-46,49-55,60,64-65,67H,29-34H2,1-10H3,(H,59,66)(H,61,62)/b12-11+,14-13+,22-21+,26-19+,27-16+,28-20+,35-23-/t36?,37-,38-,40?,41?,42?,43?,44-,45-,46+,49+,50-,51+,52?,53+,54+,55-,58-/m1/s1. The number of hydrogen-bond acceptors (Lipinski definition) is 17. The van der Waals surface area contributed by atoms with Crippen LogP contribution >= 0.6 is 0 Å². The van der Waals surface area contributed by atoms with Crippen molar-refractivity contribution in [3.63, 3.8) is 0 Å². The molecule has 5 rings (SSSR count). The van der Waals surface area contributed by atoms with E-state index in [9.17, 15) is 34.8 Å². The Morgan fingerprint density at radius 3 is 2.21 bits per heavy atom. The number of amides is 1. The minimum Gasteiger partial charge on any atom is -0.478 e. The number of carbonyl (C=O) groups is 3. The molecular weight excluding hydrogens is 999 g/mol. The molecule has 0 bridgehead atoms. The molecule has 1 amide bonds. The molecule has 6 unspecified atom stereocenters. The van der Waals surface area contributed by atoms with Crippen LogP contribution in [0.15, 0.2) is 115 Å². The number of methoxy groups -OCH3 is 3. The molecule has 4 aliphatic rings. The second-order valence-corrected chi connectivity index (χ2v) is 20.6. The van der Waals surface area contributed by atoms with E-state index in [0.717, 1.165) is 11.6 Å². The predicted molar refractivity (Wildman–Crippen MR) is 284 cm³/mol. The third kappa shape index (κ3) is 17.1. The first kappa shape index (κ1) is 63.1. The van der Waals surface area contributed by atoms with Crippen molar-refractivity contribution in [2.24, 2.45) is 17.3 Å². The summed E-state index contributed by atoms with van der Waals surface area (Å²) in [5.41, 5.74) is 0.294. The second-order valence-electron chi connectivity index (χ2n) is 20.6. The fourth-order valence-corrected chi connectivity index (χ4v) is 10.1. The van der Waals surface area contributed by atoms with Crippen molar-refractivity contribution in [3.05, 3.63) is 120 Å². The van der Waals surface area contributed by atoms with Gasteiger partial charge in [0.2, 0.25) is 11.7 Å². The maximum Gasteiger partial charge on any atom is 0.328 e. The van der Waals surface area contributed by atoms with E-state index in [1.54, 1.807) is 126 Å². The number of benzene rings is 1. The van der Waals surface area contributed by atoms with Crippen molar-refractivity contribution >= 4 is 17.8 Å². The number of esters is 1. The molecule has 19 nitrogen and oxygen atoms in total. The summed E-state index contributed by atoms with van der Waals surface area (Å²) >= 11 is 0. The van der Waals surface area contributed by atoms with Crippen LogP contribution in [0.3, 0.4) is 0 Å². The van der Waals surface area contributed by atoms with Crippen LogP contribution in [-0.2, 0) is 68.2 Å². The number of aliphatic carboxylic acids is 1. The van der Waals surface area contributed by atoms with Crippen molar-refractivity contribution in [2.45, 2.75) is 172 Å². The minimum absolute atomic E-state index is 0.0451. The van der Waals surface area contributed by atoms with Gasteiger partial charge in [-0.25, -0.2) is 4.79 Å². The first-order chi connectivity index (χ1) is 36.7. The molecule has 6 N–H and O–H groups in total. The summed E-state index contributed by atoms with van der Waals surface area (Å²) in [5, 5.41) is 58.2. The van der Waals surface area contributed by atoms with Gasteiger partial charge >= 0.3 is 11.9 Å². The topological polar surface area (TPSA) is 257 Å². The summed E-state index contributed by atoms with van der Waals surface area (Å²) in [6, 6.07) is 8.83. The van der Waals surface area contributed by atoms with Crippen LogP contribution in [0.2, 0.25) is 0 Å². The van der Waals surface area contributed by atoms with E-state index >= 15 is 0 Å².